The van der Waals surface area contributed by atoms with Gasteiger partial charge in [0.15, 0.2) is 0 Å². The Morgan fingerprint density at radius 2 is 2.33 bits per heavy atom. The van der Waals surface area contributed by atoms with Crippen molar-refractivity contribution in [1.29, 1.82) is 0 Å². The van der Waals surface area contributed by atoms with Crippen molar-refractivity contribution < 1.29 is 9.21 Å². The quantitative estimate of drug-likeness (QED) is 0.804. The maximum Gasteiger partial charge on any atom is 0.137 e. The zero-order valence-corrected chi connectivity index (χ0v) is 11.4. The third-order valence-electron chi connectivity index (χ3n) is 3.99. The van der Waals surface area contributed by atoms with E-state index in [4.69, 9.17) is 4.42 Å². The molecule has 0 bridgehead atoms. The summed E-state index contributed by atoms with van der Waals surface area (Å²) in [5.74, 6) is 2.38. The maximum atomic E-state index is 11.9. The highest BCUT2D eigenvalue weighted by Gasteiger charge is 2.28. The molecule has 2 rings (SSSR count). The number of ketones is 1. The predicted octanol–water partition coefficient (Wildman–Crippen LogP) is 3.11. The van der Waals surface area contributed by atoms with Crippen molar-refractivity contribution in [2.75, 3.05) is 13.6 Å². The van der Waals surface area contributed by atoms with Gasteiger partial charge in [0.2, 0.25) is 0 Å². The molecule has 1 fully saturated rings. The van der Waals surface area contributed by atoms with Crippen molar-refractivity contribution >= 4 is 5.78 Å². The van der Waals surface area contributed by atoms with Gasteiger partial charge in [0.1, 0.15) is 11.5 Å². The van der Waals surface area contributed by atoms with Crippen LogP contribution in [0, 0.1) is 11.8 Å². The molecule has 0 saturated heterocycles. The molecule has 18 heavy (non-hydrogen) atoms. The molecule has 1 saturated carbocycles. The van der Waals surface area contributed by atoms with Gasteiger partial charge in [0.25, 0.3) is 0 Å². The molecular formula is C15H23NO2. The molecule has 3 nitrogen and oxygen atoms in total. The number of carbonyl (C=O) groups is 1. The SMILES string of the molecule is CCC1CCC(=O)C(CN(C)Cc2ccco2)C1. The van der Waals surface area contributed by atoms with E-state index in [1.165, 1.54) is 6.42 Å². The summed E-state index contributed by atoms with van der Waals surface area (Å²) in [5.41, 5.74) is 0. The predicted molar refractivity (Wildman–Crippen MR) is 71.2 cm³/mol. The minimum Gasteiger partial charge on any atom is -0.468 e. The van der Waals surface area contributed by atoms with Gasteiger partial charge in [-0.25, -0.2) is 0 Å². The zero-order valence-electron chi connectivity index (χ0n) is 11.4. The Labute approximate surface area is 109 Å². The van der Waals surface area contributed by atoms with E-state index in [9.17, 15) is 4.79 Å². The summed E-state index contributed by atoms with van der Waals surface area (Å²) >= 11 is 0. The summed E-state index contributed by atoms with van der Waals surface area (Å²) in [5, 5.41) is 0. The van der Waals surface area contributed by atoms with Crippen LogP contribution in [-0.2, 0) is 11.3 Å². The van der Waals surface area contributed by atoms with Crippen LogP contribution >= 0.6 is 0 Å². The summed E-state index contributed by atoms with van der Waals surface area (Å²) in [7, 11) is 2.06. The molecule has 2 atom stereocenters. The van der Waals surface area contributed by atoms with Crippen molar-refractivity contribution in [2.45, 2.75) is 39.2 Å². The highest BCUT2D eigenvalue weighted by atomic mass is 16.3. The summed E-state index contributed by atoms with van der Waals surface area (Å²) in [4.78, 5) is 14.1. The largest absolute Gasteiger partial charge is 0.468 e. The minimum absolute atomic E-state index is 0.226. The van der Waals surface area contributed by atoms with Gasteiger partial charge in [-0.3, -0.25) is 9.69 Å². The van der Waals surface area contributed by atoms with Crippen LogP contribution in [0.1, 0.15) is 38.4 Å². The molecule has 1 aromatic rings. The second kappa shape index (κ2) is 6.19. The zero-order chi connectivity index (χ0) is 13.0. The van der Waals surface area contributed by atoms with Gasteiger partial charge in [0, 0.05) is 18.9 Å². The Morgan fingerprint density at radius 1 is 1.50 bits per heavy atom. The van der Waals surface area contributed by atoms with Gasteiger partial charge in [-0.1, -0.05) is 13.3 Å². The number of nitrogens with zero attached hydrogens (tertiary/aromatic N) is 1. The number of hydrogen-bond acceptors (Lipinski definition) is 3. The van der Waals surface area contributed by atoms with Gasteiger partial charge in [-0.05, 0) is 37.9 Å². The third-order valence-corrected chi connectivity index (χ3v) is 3.99. The maximum absolute atomic E-state index is 11.9. The van der Waals surface area contributed by atoms with Crippen LogP contribution in [0.4, 0.5) is 0 Å². The van der Waals surface area contributed by atoms with E-state index in [1.54, 1.807) is 6.26 Å². The standard InChI is InChI=1S/C15H23NO2/c1-3-12-6-7-15(17)13(9-12)10-16(2)11-14-5-4-8-18-14/h4-5,8,12-13H,3,6-7,9-11H2,1-2H3. The van der Waals surface area contributed by atoms with Crippen molar-refractivity contribution in [3.05, 3.63) is 24.2 Å². The van der Waals surface area contributed by atoms with Gasteiger partial charge in [0.05, 0.1) is 12.8 Å². The molecule has 1 aliphatic carbocycles. The van der Waals surface area contributed by atoms with Crippen LogP contribution in [0.3, 0.4) is 0 Å². The normalized spacial score (nSPS) is 24.7. The summed E-state index contributed by atoms with van der Waals surface area (Å²) < 4.78 is 5.34. The van der Waals surface area contributed by atoms with Crippen molar-refractivity contribution in [3.8, 4) is 0 Å². The molecule has 3 heteroatoms. The lowest BCUT2D eigenvalue weighted by atomic mass is 9.79. The first-order valence-corrected chi connectivity index (χ1v) is 6.92. The summed E-state index contributed by atoms with van der Waals surface area (Å²) in [6.07, 6.45) is 5.83. The van der Waals surface area contributed by atoms with Gasteiger partial charge < -0.3 is 4.42 Å². The molecule has 100 valence electrons. The lowest BCUT2D eigenvalue weighted by Gasteiger charge is -2.30. The van der Waals surface area contributed by atoms with Crippen LogP contribution in [0.25, 0.3) is 0 Å². The Kier molecular flexibility index (Phi) is 4.59. The lowest BCUT2D eigenvalue weighted by Crippen LogP contribution is -2.34. The molecular weight excluding hydrogens is 226 g/mol. The van der Waals surface area contributed by atoms with Gasteiger partial charge in [-0.15, -0.1) is 0 Å². The topological polar surface area (TPSA) is 33.5 Å². The second-order valence-corrected chi connectivity index (χ2v) is 5.49. The Bertz CT molecular complexity index is 372. The average molecular weight is 249 g/mol. The average Bonchev–Trinajstić information content (AvgIpc) is 2.84. The first-order chi connectivity index (χ1) is 8.69. The fraction of sp³-hybridized carbons (Fsp3) is 0.667. The molecule has 0 aromatic carbocycles. The van der Waals surface area contributed by atoms with E-state index < -0.39 is 0 Å². The van der Waals surface area contributed by atoms with E-state index in [2.05, 4.69) is 18.9 Å². The molecule has 1 aliphatic rings. The van der Waals surface area contributed by atoms with Crippen LogP contribution in [0.5, 0.6) is 0 Å². The lowest BCUT2D eigenvalue weighted by molar-refractivity contribution is -0.126. The fourth-order valence-electron chi connectivity index (χ4n) is 2.86. The molecule has 0 radical (unpaired) electrons. The van der Waals surface area contributed by atoms with Crippen molar-refractivity contribution in [1.82, 2.24) is 4.90 Å². The van der Waals surface area contributed by atoms with Crippen LogP contribution < -0.4 is 0 Å². The number of furan rings is 1. The number of hydrogen-bond donors (Lipinski definition) is 0. The minimum atomic E-state index is 0.226. The molecule has 2 unspecified atom stereocenters. The third kappa shape index (κ3) is 3.45. The van der Waals surface area contributed by atoms with Crippen LogP contribution in [0.15, 0.2) is 22.8 Å². The fourth-order valence-corrected chi connectivity index (χ4v) is 2.86. The smallest absolute Gasteiger partial charge is 0.137 e. The van der Waals surface area contributed by atoms with E-state index in [1.807, 2.05) is 12.1 Å². The van der Waals surface area contributed by atoms with E-state index >= 15 is 0 Å². The highest BCUT2D eigenvalue weighted by molar-refractivity contribution is 5.81. The van der Waals surface area contributed by atoms with Crippen LogP contribution in [0.2, 0.25) is 0 Å². The number of carbonyl (C=O) groups excluding carboxylic acids is 1. The van der Waals surface area contributed by atoms with E-state index in [0.717, 1.165) is 44.0 Å². The number of rotatable bonds is 5. The first kappa shape index (κ1) is 13.3. The molecule has 0 spiro atoms. The number of Topliss-reactive ketones (excluding diaryl/α,β-unsaturated/α-hetero) is 1. The first-order valence-electron chi connectivity index (χ1n) is 6.92. The Morgan fingerprint density at radius 3 is 3.00 bits per heavy atom. The molecule has 1 aromatic heterocycles. The monoisotopic (exact) mass is 249 g/mol. The summed E-state index contributed by atoms with van der Waals surface area (Å²) in [6, 6.07) is 3.89. The van der Waals surface area contributed by atoms with E-state index in [-0.39, 0.29) is 5.92 Å². The van der Waals surface area contributed by atoms with Crippen molar-refractivity contribution in [2.24, 2.45) is 11.8 Å². The Hall–Kier alpha value is -1.09. The molecule has 0 aliphatic heterocycles. The highest BCUT2D eigenvalue weighted by Crippen LogP contribution is 2.29. The molecule has 0 amide bonds. The molecule has 1 heterocycles. The van der Waals surface area contributed by atoms with E-state index in [0.29, 0.717) is 5.78 Å². The molecule has 0 N–H and O–H groups in total. The Balaban J connectivity index is 1.85. The van der Waals surface area contributed by atoms with Gasteiger partial charge >= 0.3 is 0 Å². The van der Waals surface area contributed by atoms with Crippen LogP contribution in [-0.4, -0.2) is 24.3 Å². The van der Waals surface area contributed by atoms with Crippen molar-refractivity contribution in [3.63, 3.8) is 0 Å². The van der Waals surface area contributed by atoms with Gasteiger partial charge in [-0.2, -0.15) is 0 Å². The summed E-state index contributed by atoms with van der Waals surface area (Å²) in [6.45, 7) is 3.87. The second-order valence-electron chi connectivity index (χ2n) is 5.49.